The van der Waals surface area contributed by atoms with Crippen LogP contribution in [0.2, 0.25) is 0 Å². The summed E-state index contributed by atoms with van der Waals surface area (Å²) < 4.78 is 15.1. The summed E-state index contributed by atoms with van der Waals surface area (Å²) in [4.78, 5) is 23.5. The Morgan fingerprint density at radius 3 is 2.45 bits per heavy atom. The molecule has 0 unspecified atom stereocenters. The van der Waals surface area contributed by atoms with Gasteiger partial charge in [-0.05, 0) is 24.3 Å². The molecule has 0 bridgehead atoms. The average molecular weight is 270 g/mol. The maximum Gasteiger partial charge on any atom is 0.373 e. The highest BCUT2D eigenvalue weighted by Gasteiger charge is 2.20. The first-order valence-corrected chi connectivity index (χ1v) is 5.90. The van der Waals surface area contributed by atoms with E-state index in [4.69, 9.17) is 8.83 Å². The lowest BCUT2D eigenvalue weighted by Crippen LogP contribution is -2.00. The number of esters is 1. The second kappa shape index (κ2) is 4.70. The van der Waals surface area contributed by atoms with Crippen molar-refractivity contribution in [2.45, 2.75) is 0 Å². The van der Waals surface area contributed by atoms with E-state index in [9.17, 15) is 9.59 Å². The molecule has 0 radical (unpaired) electrons. The fourth-order valence-electron chi connectivity index (χ4n) is 1.89. The summed E-state index contributed by atoms with van der Waals surface area (Å²) in [5.41, 5.74) is 0.621. The zero-order chi connectivity index (χ0) is 14.1. The number of carbonyl (C=O) groups excluding carboxylic acids is 2. The smallest absolute Gasteiger partial charge is 0.373 e. The first-order chi connectivity index (χ1) is 9.69. The minimum atomic E-state index is -0.631. The molecule has 20 heavy (non-hydrogen) atoms. The molecule has 0 aliphatic heterocycles. The van der Waals surface area contributed by atoms with Crippen LogP contribution < -0.4 is 0 Å². The molecule has 0 aliphatic carbocycles. The van der Waals surface area contributed by atoms with Crippen molar-refractivity contribution in [3.05, 3.63) is 59.7 Å². The van der Waals surface area contributed by atoms with Crippen molar-refractivity contribution >= 4 is 22.7 Å². The molecule has 0 aliphatic rings. The van der Waals surface area contributed by atoms with Crippen molar-refractivity contribution in [1.29, 1.82) is 0 Å². The van der Waals surface area contributed by atoms with Gasteiger partial charge in [-0.25, -0.2) is 4.79 Å². The molecule has 3 aromatic rings. The number of benzene rings is 1. The number of hydrogen-bond donors (Lipinski definition) is 0. The third kappa shape index (κ3) is 1.99. The molecule has 0 fully saturated rings. The Hall–Kier alpha value is -2.82. The average Bonchev–Trinajstić information content (AvgIpc) is 3.12. The number of methoxy groups -OCH3 is 1. The highest BCUT2D eigenvalue weighted by Crippen LogP contribution is 2.22. The van der Waals surface area contributed by atoms with Gasteiger partial charge in [0, 0.05) is 5.39 Å². The molecule has 0 atom stereocenters. The summed E-state index contributed by atoms with van der Waals surface area (Å²) in [6.07, 6.45) is 0. The molecule has 0 N–H and O–H groups in total. The Labute approximate surface area is 113 Å². The predicted octanol–water partition coefficient (Wildman–Crippen LogP) is 3.04. The Bertz CT molecular complexity index is 760. The maximum absolute atomic E-state index is 12.2. The lowest BCUT2D eigenvalue weighted by Gasteiger charge is -1.93. The lowest BCUT2D eigenvalue weighted by molar-refractivity contribution is 0.0563. The van der Waals surface area contributed by atoms with Gasteiger partial charge in [0.25, 0.3) is 5.78 Å². The van der Waals surface area contributed by atoms with Crippen LogP contribution in [0.5, 0.6) is 0 Å². The Balaban J connectivity index is 1.95. The fourth-order valence-corrected chi connectivity index (χ4v) is 1.89. The number of furan rings is 2. The molecular weight excluding hydrogens is 260 g/mol. The summed E-state index contributed by atoms with van der Waals surface area (Å²) in [6.45, 7) is 0. The molecular formula is C15H10O5. The molecule has 0 amide bonds. The SMILES string of the molecule is COC(=O)c1ccc(C(=O)c2cc3ccccc3o2)o1. The van der Waals surface area contributed by atoms with Gasteiger partial charge in [-0.3, -0.25) is 4.79 Å². The van der Waals surface area contributed by atoms with Crippen LogP contribution in [-0.2, 0) is 4.74 Å². The molecule has 5 nitrogen and oxygen atoms in total. The number of fused-ring (bicyclic) bond motifs is 1. The number of carbonyl (C=O) groups is 2. The molecule has 1 aromatic carbocycles. The van der Waals surface area contributed by atoms with Crippen molar-refractivity contribution in [2.24, 2.45) is 0 Å². The summed E-state index contributed by atoms with van der Waals surface area (Å²) in [6, 6.07) is 11.7. The van der Waals surface area contributed by atoms with Crippen molar-refractivity contribution in [3.8, 4) is 0 Å². The minimum absolute atomic E-state index is 0.0213. The number of para-hydroxylation sites is 1. The van der Waals surface area contributed by atoms with Gasteiger partial charge in [0.2, 0.25) is 5.76 Å². The number of rotatable bonds is 3. The van der Waals surface area contributed by atoms with Crippen LogP contribution in [0.15, 0.2) is 51.3 Å². The zero-order valence-electron chi connectivity index (χ0n) is 10.6. The fraction of sp³-hybridized carbons (Fsp3) is 0.0667. The summed E-state index contributed by atoms with van der Waals surface area (Å²) in [7, 11) is 1.24. The van der Waals surface area contributed by atoms with Crippen molar-refractivity contribution < 1.29 is 23.2 Å². The molecule has 5 heteroatoms. The van der Waals surface area contributed by atoms with E-state index in [0.717, 1.165) is 5.39 Å². The second-order valence-corrected chi connectivity index (χ2v) is 4.13. The van der Waals surface area contributed by atoms with E-state index in [1.165, 1.54) is 19.2 Å². The second-order valence-electron chi connectivity index (χ2n) is 4.13. The maximum atomic E-state index is 12.2. The molecule has 100 valence electrons. The van der Waals surface area contributed by atoms with Crippen LogP contribution in [0, 0.1) is 0 Å². The molecule has 0 saturated carbocycles. The van der Waals surface area contributed by atoms with Crippen LogP contribution in [0.4, 0.5) is 0 Å². The van der Waals surface area contributed by atoms with Gasteiger partial charge < -0.3 is 13.6 Å². The Morgan fingerprint density at radius 1 is 0.950 bits per heavy atom. The van der Waals surface area contributed by atoms with Gasteiger partial charge in [0.15, 0.2) is 11.5 Å². The molecule has 0 spiro atoms. The van der Waals surface area contributed by atoms with Crippen LogP contribution in [0.3, 0.4) is 0 Å². The topological polar surface area (TPSA) is 69.7 Å². The van der Waals surface area contributed by atoms with E-state index < -0.39 is 11.8 Å². The van der Waals surface area contributed by atoms with Gasteiger partial charge in [-0.15, -0.1) is 0 Å². The molecule has 3 rings (SSSR count). The van der Waals surface area contributed by atoms with E-state index in [1.54, 1.807) is 12.1 Å². The largest absolute Gasteiger partial charge is 0.463 e. The van der Waals surface area contributed by atoms with Crippen LogP contribution in [-0.4, -0.2) is 18.9 Å². The minimum Gasteiger partial charge on any atom is -0.463 e. The molecule has 2 heterocycles. The third-order valence-electron chi connectivity index (χ3n) is 2.87. The van der Waals surface area contributed by atoms with E-state index in [1.807, 2.05) is 18.2 Å². The highest BCUT2D eigenvalue weighted by molar-refractivity contribution is 6.07. The first-order valence-electron chi connectivity index (χ1n) is 5.90. The summed E-state index contributed by atoms with van der Waals surface area (Å²) in [5, 5.41) is 0.829. The van der Waals surface area contributed by atoms with Gasteiger partial charge in [-0.1, -0.05) is 18.2 Å². The first kappa shape index (κ1) is 12.2. The predicted molar refractivity (Wildman–Crippen MR) is 69.7 cm³/mol. The van der Waals surface area contributed by atoms with E-state index >= 15 is 0 Å². The van der Waals surface area contributed by atoms with Crippen LogP contribution in [0.1, 0.15) is 26.9 Å². The van der Waals surface area contributed by atoms with Gasteiger partial charge in [0.05, 0.1) is 7.11 Å². The van der Waals surface area contributed by atoms with Crippen molar-refractivity contribution in [3.63, 3.8) is 0 Å². The van der Waals surface area contributed by atoms with Crippen molar-refractivity contribution in [1.82, 2.24) is 0 Å². The normalized spacial score (nSPS) is 10.7. The Morgan fingerprint density at radius 2 is 1.70 bits per heavy atom. The van der Waals surface area contributed by atoms with Crippen LogP contribution >= 0.6 is 0 Å². The van der Waals surface area contributed by atoms with Gasteiger partial charge in [0.1, 0.15) is 5.58 Å². The molecule has 0 saturated heterocycles. The number of ether oxygens (including phenoxy) is 1. The highest BCUT2D eigenvalue weighted by atomic mass is 16.5. The molecule has 2 aromatic heterocycles. The van der Waals surface area contributed by atoms with E-state index in [2.05, 4.69) is 4.74 Å². The van der Waals surface area contributed by atoms with Crippen molar-refractivity contribution in [2.75, 3.05) is 7.11 Å². The summed E-state index contributed by atoms with van der Waals surface area (Å²) >= 11 is 0. The van der Waals surface area contributed by atoms with E-state index in [-0.39, 0.29) is 17.3 Å². The third-order valence-corrected chi connectivity index (χ3v) is 2.87. The van der Waals surface area contributed by atoms with Crippen LogP contribution in [0.25, 0.3) is 11.0 Å². The monoisotopic (exact) mass is 270 g/mol. The number of ketones is 1. The number of hydrogen-bond acceptors (Lipinski definition) is 5. The quantitative estimate of drug-likeness (QED) is 0.540. The van der Waals surface area contributed by atoms with Gasteiger partial charge in [-0.2, -0.15) is 0 Å². The van der Waals surface area contributed by atoms with E-state index in [0.29, 0.717) is 5.58 Å². The van der Waals surface area contributed by atoms with Gasteiger partial charge >= 0.3 is 5.97 Å². The zero-order valence-corrected chi connectivity index (χ0v) is 10.6. The lowest BCUT2D eigenvalue weighted by atomic mass is 10.2. The standard InChI is InChI=1S/C15H10O5/c1-18-15(17)12-7-6-11(20-12)14(16)13-8-9-4-2-3-5-10(9)19-13/h2-8H,1H3. The summed E-state index contributed by atoms with van der Waals surface area (Å²) in [5.74, 6) is -0.876. The Kier molecular flexibility index (Phi) is 2.87.